The molecular formula is C21H17ClF3N3O4. The van der Waals surface area contributed by atoms with Crippen molar-refractivity contribution in [2.75, 3.05) is 5.32 Å². The number of hydrogen-bond acceptors (Lipinski definition) is 5. The third kappa shape index (κ3) is 4.75. The molecule has 7 nitrogen and oxygen atoms in total. The lowest BCUT2D eigenvalue weighted by molar-refractivity contribution is -0.137. The van der Waals surface area contributed by atoms with Crippen LogP contribution in [0.4, 0.5) is 18.9 Å². The second-order valence-corrected chi connectivity index (χ2v) is 7.18. The third-order valence-corrected chi connectivity index (χ3v) is 4.79. The molecule has 0 aliphatic rings. The number of fused-ring (bicyclic) bond motifs is 1. The number of nitrogens with one attached hydrogen (secondary N) is 1. The highest BCUT2D eigenvalue weighted by Gasteiger charge is 2.35. The van der Waals surface area contributed by atoms with E-state index in [1.807, 2.05) is 0 Å². The second-order valence-electron chi connectivity index (χ2n) is 6.74. The van der Waals surface area contributed by atoms with Crippen LogP contribution in [-0.2, 0) is 22.3 Å². The fourth-order valence-corrected chi connectivity index (χ4v) is 3.14. The molecule has 1 N–H and O–H groups in total. The predicted octanol–water partition coefficient (Wildman–Crippen LogP) is 4.27. The Labute approximate surface area is 184 Å². The van der Waals surface area contributed by atoms with Crippen molar-refractivity contribution in [1.82, 2.24) is 9.78 Å². The van der Waals surface area contributed by atoms with E-state index in [2.05, 4.69) is 10.4 Å². The molecule has 0 aliphatic carbocycles. The Bertz CT molecular complexity index is 1260. The van der Waals surface area contributed by atoms with E-state index in [1.54, 1.807) is 19.1 Å². The van der Waals surface area contributed by atoms with Crippen LogP contribution >= 0.6 is 11.6 Å². The van der Waals surface area contributed by atoms with Crippen molar-refractivity contribution >= 4 is 39.9 Å². The van der Waals surface area contributed by atoms with E-state index in [1.165, 1.54) is 25.1 Å². The number of halogens is 4. The summed E-state index contributed by atoms with van der Waals surface area (Å²) in [5.74, 6) is -1.99. The number of benzene rings is 2. The molecule has 1 heterocycles. The Hall–Kier alpha value is -3.40. The first-order chi connectivity index (χ1) is 15.0. The van der Waals surface area contributed by atoms with E-state index in [9.17, 15) is 27.6 Å². The molecule has 11 heteroatoms. The van der Waals surface area contributed by atoms with E-state index in [-0.39, 0.29) is 28.0 Å². The largest absolute Gasteiger partial charge is 0.448 e. The molecule has 2 aromatic carbocycles. The summed E-state index contributed by atoms with van der Waals surface area (Å²) in [4.78, 5) is 37.5. The van der Waals surface area contributed by atoms with Gasteiger partial charge in [-0.2, -0.15) is 18.3 Å². The number of esters is 1. The number of aromatic nitrogens is 2. The van der Waals surface area contributed by atoms with Gasteiger partial charge >= 0.3 is 12.1 Å². The molecule has 1 atom stereocenters. The number of carbonyl (C=O) groups is 2. The Morgan fingerprint density at radius 2 is 1.84 bits per heavy atom. The summed E-state index contributed by atoms with van der Waals surface area (Å²) in [5, 5.41) is 6.42. The lowest BCUT2D eigenvalue weighted by Gasteiger charge is -2.17. The van der Waals surface area contributed by atoms with Gasteiger partial charge in [0.1, 0.15) is 0 Å². The molecule has 1 aromatic heterocycles. The van der Waals surface area contributed by atoms with E-state index in [0.717, 1.165) is 10.7 Å². The summed E-state index contributed by atoms with van der Waals surface area (Å²) >= 11 is 5.63. The topological polar surface area (TPSA) is 90.3 Å². The Morgan fingerprint density at radius 3 is 2.47 bits per heavy atom. The zero-order chi connectivity index (χ0) is 23.6. The minimum absolute atomic E-state index is 0.154. The first-order valence-corrected chi connectivity index (χ1v) is 9.79. The molecule has 1 amide bonds. The van der Waals surface area contributed by atoms with Gasteiger partial charge in [0.25, 0.3) is 11.5 Å². The molecule has 0 saturated heterocycles. The van der Waals surface area contributed by atoms with Crippen LogP contribution in [0.25, 0.3) is 10.8 Å². The predicted molar refractivity (Wildman–Crippen MR) is 112 cm³/mol. The number of amides is 1. The zero-order valence-corrected chi connectivity index (χ0v) is 17.6. The highest BCUT2D eigenvalue weighted by Crippen LogP contribution is 2.36. The first kappa shape index (κ1) is 23.3. The van der Waals surface area contributed by atoms with Crippen LogP contribution in [0.2, 0.25) is 5.02 Å². The van der Waals surface area contributed by atoms with Gasteiger partial charge in [-0.3, -0.25) is 9.59 Å². The monoisotopic (exact) mass is 467 g/mol. The van der Waals surface area contributed by atoms with Crippen molar-refractivity contribution in [3.63, 3.8) is 0 Å². The molecule has 0 bridgehead atoms. The van der Waals surface area contributed by atoms with Crippen LogP contribution in [0.3, 0.4) is 0 Å². The summed E-state index contributed by atoms with van der Waals surface area (Å²) in [6.45, 7) is 3.06. The summed E-state index contributed by atoms with van der Waals surface area (Å²) in [6, 6.07) is 9.13. The van der Waals surface area contributed by atoms with Gasteiger partial charge in [0, 0.05) is 17.0 Å². The minimum atomic E-state index is -4.76. The lowest BCUT2D eigenvalue weighted by atomic mass is 10.1. The van der Waals surface area contributed by atoms with Gasteiger partial charge < -0.3 is 10.1 Å². The van der Waals surface area contributed by atoms with E-state index in [4.69, 9.17) is 16.3 Å². The average molecular weight is 468 g/mol. The number of carbonyl (C=O) groups excluding carboxylic acids is 2. The highest BCUT2D eigenvalue weighted by atomic mass is 35.5. The second kappa shape index (κ2) is 8.99. The van der Waals surface area contributed by atoms with Crippen molar-refractivity contribution < 1.29 is 27.5 Å². The maximum absolute atomic E-state index is 13.2. The first-order valence-electron chi connectivity index (χ1n) is 9.41. The number of aryl methyl sites for hydroxylation is 1. The van der Waals surface area contributed by atoms with Gasteiger partial charge in [-0.05, 0) is 38.1 Å². The van der Waals surface area contributed by atoms with E-state index in [0.29, 0.717) is 6.07 Å². The summed E-state index contributed by atoms with van der Waals surface area (Å²) in [7, 11) is 0. The maximum Gasteiger partial charge on any atom is 0.418 e. The molecule has 0 radical (unpaired) electrons. The van der Waals surface area contributed by atoms with Crippen LogP contribution < -0.4 is 10.9 Å². The van der Waals surface area contributed by atoms with Crippen LogP contribution in [0, 0.1) is 0 Å². The molecule has 0 spiro atoms. The van der Waals surface area contributed by atoms with Gasteiger partial charge in [0.05, 0.1) is 16.6 Å². The van der Waals surface area contributed by atoms with Crippen LogP contribution in [0.15, 0.2) is 47.3 Å². The number of rotatable bonds is 5. The molecule has 1 unspecified atom stereocenters. The maximum atomic E-state index is 13.2. The standard InChI is InChI=1S/C21H17ClF3N3O4/c1-3-28-19(30)14-7-5-4-6-13(14)17(27-28)20(31)32-11(2)18(29)26-16-9-8-12(22)10-15(16)21(23,24)25/h4-11H,3H2,1-2H3,(H,26,29). The van der Waals surface area contributed by atoms with Crippen LogP contribution in [-0.4, -0.2) is 27.8 Å². The number of anilines is 1. The Kier molecular flexibility index (Phi) is 6.54. The van der Waals surface area contributed by atoms with E-state index < -0.39 is 41.0 Å². The molecule has 32 heavy (non-hydrogen) atoms. The molecule has 3 aromatic rings. The quantitative estimate of drug-likeness (QED) is 0.566. The molecule has 168 valence electrons. The summed E-state index contributed by atoms with van der Waals surface area (Å²) in [5.41, 5.74) is -2.26. The molecule has 0 fully saturated rings. The molecule has 0 saturated carbocycles. The number of alkyl halides is 3. The van der Waals surface area contributed by atoms with Crippen LogP contribution in [0.5, 0.6) is 0 Å². The normalized spacial score (nSPS) is 12.4. The number of hydrogen-bond donors (Lipinski definition) is 1. The van der Waals surface area contributed by atoms with E-state index >= 15 is 0 Å². The van der Waals surface area contributed by atoms with Crippen molar-refractivity contribution in [3.05, 3.63) is 69.1 Å². The van der Waals surface area contributed by atoms with Gasteiger partial charge in [-0.1, -0.05) is 29.8 Å². The summed E-state index contributed by atoms with van der Waals surface area (Å²) in [6.07, 6.45) is -6.22. The van der Waals surface area contributed by atoms with Crippen molar-refractivity contribution in [3.8, 4) is 0 Å². The van der Waals surface area contributed by atoms with Crippen molar-refractivity contribution in [2.24, 2.45) is 0 Å². The number of nitrogens with zero attached hydrogens (tertiary/aromatic N) is 2. The fraction of sp³-hybridized carbons (Fsp3) is 0.238. The summed E-state index contributed by atoms with van der Waals surface area (Å²) < 4.78 is 45.9. The molecule has 3 rings (SSSR count). The number of ether oxygens (including phenoxy) is 1. The zero-order valence-electron chi connectivity index (χ0n) is 16.9. The smallest absolute Gasteiger partial charge is 0.418 e. The third-order valence-electron chi connectivity index (χ3n) is 4.56. The van der Waals surface area contributed by atoms with Gasteiger partial charge in [0.15, 0.2) is 11.8 Å². The average Bonchev–Trinajstić information content (AvgIpc) is 2.74. The van der Waals surface area contributed by atoms with Crippen LogP contribution in [0.1, 0.15) is 29.9 Å². The highest BCUT2D eigenvalue weighted by molar-refractivity contribution is 6.30. The lowest BCUT2D eigenvalue weighted by Crippen LogP contribution is -2.32. The fourth-order valence-electron chi connectivity index (χ4n) is 2.96. The molecule has 0 aliphatic heterocycles. The minimum Gasteiger partial charge on any atom is -0.448 e. The van der Waals surface area contributed by atoms with Gasteiger partial charge in [0.2, 0.25) is 0 Å². The van der Waals surface area contributed by atoms with Crippen molar-refractivity contribution in [1.29, 1.82) is 0 Å². The Morgan fingerprint density at radius 1 is 1.19 bits per heavy atom. The SMILES string of the molecule is CCn1nc(C(=O)OC(C)C(=O)Nc2ccc(Cl)cc2C(F)(F)F)c2ccccc2c1=O. The Balaban J connectivity index is 1.85. The van der Waals surface area contributed by atoms with Crippen molar-refractivity contribution in [2.45, 2.75) is 32.7 Å². The van der Waals surface area contributed by atoms with Gasteiger partial charge in [-0.15, -0.1) is 0 Å². The molecular weight excluding hydrogens is 451 g/mol. The van der Waals surface area contributed by atoms with Gasteiger partial charge in [-0.25, -0.2) is 9.48 Å².